The molecule has 1 unspecified atom stereocenters. The maximum Gasteiger partial charge on any atom is 0.471 e. The third kappa shape index (κ3) is 5.16. The number of alkyl halides is 3. The molecule has 2 amide bonds. The molecule has 1 saturated heterocycles. The molecule has 1 fully saturated rings. The van der Waals surface area contributed by atoms with E-state index in [9.17, 15) is 22.8 Å². The molecule has 1 N–H and O–H groups in total. The lowest BCUT2D eigenvalue weighted by molar-refractivity contribution is -0.187. The third-order valence-electron chi connectivity index (χ3n) is 5.16. The van der Waals surface area contributed by atoms with E-state index in [2.05, 4.69) is 25.4 Å². The van der Waals surface area contributed by atoms with E-state index in [1.807, 2.05) is 0 Å². The number of likely N-dealkylation sites (tertiary alicyclic amines) is 1. The number of hydrogen-bond donors (Lipinski definition) is 1. The van der Waals surface area contributed by atoms with E-state index in [0.717, 1.165) is 0 Å². The van der Waals surface area contributed by atoms with Gasteiger partial charge < -0.3 is 14.7 Å². The molecule has 9 nitrogen and oxygen atoms in total. The summed E-state index contributed by atoms with van der Waals surface area (Å²) in [7, 11) is 0. The third-order valence-corrected chi connectivity index (χ3v) is 5.16. The highest BCUT2D eigenvalue weighted by Crippen LogP contribution is 2.26. The summed E-state index contributed by atoms with van der Waals surface area (Å²) in [6, 6.07) is 6.61. The van der Waals surface area contributed by atoms with Crippen LogP contribution in [0.1, 0.15) is 18.7 Å². The van der Waals surface area contributed by atoms with Gasteiger partial charge in [-0.2, -0.15) is 18.2 Å². The van der Waals surface area contributed by atoms with E-state index in [1.165, 1.54) is 6.20 Å². The molecule has 1 aliphatic heterocycles. The number of amides is 2. The summed E-state index contributed by atoms with van der Waals surface area (Å²) in [6.07, 6.45) is -1.21. The molecule has 3 aromatic heterocycles. The maximum atomic E-state index is 12.7. The molecule has 12 heteroatoms. The van der Waals surface area contributed by atoms with Crippen molar-refractivity contribution in [3.63, 3.8) is 0 Å². The number of nitrogens with zero attached hydrogens (tertiary/aromatic N) is 5. The summed E-state index contributed by atoms with van der Waals surface area (Å²) in [5, 5.41) is 6.58. The van der Waals surface area contributed by atoms with Crippen molar-refractivity contribution in [3.05, 3.63) is 42.5 Å². The summed E-state index contributed by atoms with van der Waals surface area (Å²) >= 11 is 0. The normalized spacial score (nSPS) is 16.5. The summed E-state index contributed by atoms with van der Waals surface area (Å²) in [5.41, 5.74) is 2.05. The van der Waals surface area contributed by atoms with Crippen LogP contribution in [0.3, 0.4) is 0 Å². The molecule has 3 aromatic rings. The Morgan fingerprint density at radius 2 is 1.88 bits per heavy atom. The first-order valence-corrected chi connectivity index (χ1v) is 10.1. The quantitative estimate of drug-likeness (QED) is 0.636. The Kier molecular flexibility index (Phi) is 6.07. The van der Waals surface area contributed by atoms with Crippen LogP contribution in [0.2, 0.25) is 0 Å². The largest absolute Gasteiger partial charge is 0.471 e. The molecule has 33 heavy (non-hydrogen) atoms. The van der Waals surface area contributed by atoms with E-state index >= 15 is 0 Å². The van der Waals surface area contributed by atoms with Gasteiger partial charge in [0.1, 0.15) is 0 Å². The van der Waals surface area contributed by atoms with Crippen LogP contribution in [0.5, 0.6) is 0 Å². The number of piperidine rings is 1. The second kappa shape index (κ2) is 8.96. The number of nitrogens with one attached hydrogen (secondary N) is 1. The molecule has 4 heterocycles. The Morgan fingerprint density at radius 1 is 1.15 bits per heavy atom. The van der Waals surface area contributed by atoms with Crippen LogP contribution in [0.25, 0.3) is 22.8 Å². The molecule has 0 saturated carbocycles. The van der Waals surface area contributed by atoms with Crippen LogP contribution >= 0.6 is 0 Å². The molecule has 0 aliphatic carbocycles. The fourth-order valence-electron chi connectivity index (χ4n) is 3.57. The zero-order valence-corrected chi connectivity index (χ0v) is 17.5. The first-order chi connectivity index (χ1) is 15.7. The van der Waals surface area contributed by atoms with E-state index in [0.29, 0.717) is 52.1 Å². The zero-order valence-electron chi connectivity index (χ0n) is 17.5. The van der Waals surface area contributed by atoms with Gasteiger partial charge in [0.15, 0.2) is 0 Å². The summed E-state index contributed by atoms with van der Waals surface area (Å²) in [5.74, 6) is -2.31. The number of anilines is 1. The highest BCUT2D eigenvalue weighted by molar-refractivity contribution is 5.93. The Labute approximate surface area is 186 Å². The number of aryl methyl sites for hydroxylation is 1. The van der Waals surface area contributed by atoms with Gasteiger partial charge in [-0.05, 0) is 37.1 Å². The van der Waals surface area contributed by atoms with Gasteiger partial charge in [-0.1, -0.05) is 5.16 Å². The predicted molar refractivity (Wildman–Crippen MR) is 109 cm³/mol. The van der Waals surface area contributed by atoms with Crippen molar-refractivity contribution < 1.29 is 27.3 Å². The monoisotopic (exact) mass is 460 g/mol. The van der Waals surface area contributed by atoms with E-state index in [4.69, 9.17) is 4.52 Å². The van der Waals surface area contributed by atoms with Gasteiger partial charge >= 0.3 is 12.1 Å². The van der Waals surface area contributed by atoms with Crippen LogP contribution in [0, 0.1) is 12.8 Å². The number of hydrogen-bond acceptors (Lipinski definition) is 7. The van der Waals surface area contributed by atoms with Crippen molar-refractivity contribution >= 4 is 17.5 Å². The lowest BCUT2D eigenvalue weighted by atomic mass is 9.97. The van der Waals surface area contributed by atoms with Gasteiger partial charge in [0.25, 0.3) is 0 Å². The topological polar surface area (TPSA) is 114 Å². The first kappa shape index (κ1) is 22.4. The fraction of sp³-hybridized carbons (Fsp3) is 0.333. The molecule has 4 rings (SSSR count). The number of halogens is 3. The van der Waals surface area contributed by atoms with Crippen LogP contribution < -0.4 is 5.32 Å². The van der Waals surface area contributed by atoms with Gasteiger partial charge in [-0.25, -0.2) is 0 Å². The minimum atomic E-state index is -4.96. The minimum Gasteiger partial charge on any atom is -0.339 e. The van der Waals surface area contributed by atoms with Crippen LogP contribution in [-0.4, -0.2) is 56.1 Å². The maximum absolute atomic E-state index is 12.7. The highest BCUT2D eigenvalue weighted by atomic mass is 19.4. The van der Waals surface area contributed by atoms with Crippen molar-refractivity contribution in [3.8, 4) is 22.8 Å². The first-order valence-electron chi connectivity index (χ1n) is 10.1. The molecule has 0 aromatic carbocycles. The van der Waals surface area contributed by atoms with Gasteiger partial charge in [0.05, 0.1) is 17.3 Å². The number of carbonyl (C=O) groups excluding carboxylic acids is 2. The van der Waals surface area contributed by atoms with Crippen molar-refractivity contribution in [1.29, 1.82) is 0 Å². The lowest BCUT2D eigenvalue weighted by Gasteiger charge is -2.32. The van der Waals surface area contributed by atoms with Gasteiger partial charge in [-0.15, -0.1) is 0 Å². The average molecular weight is 460 g/mol. The molecule has 0 radical (unpaired) electrons. The van der Waals surface area contributed by atoms with E-state index in [-0.39, 0.29) is 13.1 Å². The Hall–Kier alpha value is -3.83. The molecule has 172 valence electrons. The molecule has 1 atom stereocenters. The molecule has 0 spiro atoms. The van der Waals surface area contributed by atoms with Gasteiger partial charge in [-0.3, -0.25) is 19.6 Å². The Bertz CT molecular complexity index is 1180. The summed E-state index contributed by atoms with van der Waals surface area (Å²) < 4.78 is 43.2. The second-order valence-corrected chi connectivity index (χ2v) is 7.57. The van der Waals surface area contributed by atoms with Crippen LogP contribution in [0.15, 0.2) is 41.2 Å². The second-order valence-electron chi connectivity index (χ2n) is 7.57. The molecular weight excluding hydrogens is 441 g/mol. The number of aromatic nitrogens is 4. The van der Waals surface area contributed by atoms with Crippen LogP contribution in [-0.2, 0) is 9.59 Å². The predicted octanol–water partition coefficient (Wildman–Crippen LogP) is 3.24. The number of carbonyl (C=O) groups is 2. The smallest absolute Gasteiger partial charge is 0.339 e. The molecule has 1 aliphatic rings. The van der Waals surface area contributed by atoms with Crippen molar-refractivity contribution in [2.45, 2.75) is 25.9 Å². The zero-order chi connectivity index (χ0) is 23.6. The Morgan fingerprint density at radius 3 is 2.58 bits per heavy atom. The minimum absolute atomic E-state index is 0.0244. The average Bonchev–Trinajstić information content (AvgIpc) is 3.24. The molecular formula is C21H19F3N6O3. The fourth-order valence-corrected chi connectivity index (χ4v) is 3.57. The number of pyridine rings is 2. The molecule has 0 bridgehead atoms. The highest BCUT2D eigenvalue weighted by Gasteiger charge is 2.44. The van der Waals surface area contributed by atoms with Crippen molar-refractivity contribution in [2.24, 2.45) is 5.92 Å². The number of rotatable bonds is 4. The summed E-state index contributed by atoms with van der Waals surface area (Å²) in [6.45, 7) is 1.37. The standard InChI is InChI=1S/C21H19F3N6O3/c1-12-27-18(29-33-12)13-4-6-25-16(9-13)17-10-15(5-7-26-17)28-19(31)14-3-2-8-30(11-14)20(32)21(22,23)24/h4-7,9-10,14H,2-3,8,11H2,1H3,(H,26,28,31). The van der Waals surface area contributed by atoms with Gasteiger partial charge in [0.2, 0.25) is 17.6 Å². The SMILES string of the molecule is Cc1nc(-c2ccnc(-c3cc(NC(=O)C4CCCN(C(=O)C(F)(F)F)C4)ccn3)c2)no1. The summed E-state index contributed by atoms with van der Waals surface area (Å²) in [4.78, 5) is 37.6. The van der Waals surface area contributed by atoms with Gasteiger partial charge in [0, 0.05) is 43.7 Å². The van der Waals surface area contributed by atoms with E-state index < -0.39 is 23.9 Å². The van der Waals surface area contributed by atoms with Crippen molar-refractivity contribution in [1.82, 2.24) is 25.0 Å². The van der Waals surface area contributed by atoms with E-state index in [1.54, 1.807) is 37.4 Å². The van der Waals surface area contributed by atoms with Crippen molar-refractivity contribution in [2.75, 3.05) is 18.4 Å². The lowest BCUT2D eigenvalue weighted by Crippen LogP contribution is -2.48. The van der Waals surface area contributed by atoms with Crippen LogP contribution in [0.4, 0.5) is 18.9 Å². The Balaban J connectivity index is 1.47.